The maximum atomic E-state index is 13.8. The Kier molecular flexibility index (Phi) is 7.74. The van der Waals surface area contributed by atoms with Crippen molar-refractivity contribution in [3.63, 3.8) is 0 Å². The molecule has 0 bridgehead atoms. The van der Waals surface area contributed by atoms with Crippen molar-refractivity contribution in [1.82, 2.24) is 14.8 Å². The van der Waals surface area contributed by atoms with Crippen LogP contribution in [0.1, 0.15) is 29.0 Å². The van der Waals surface area contributed by atoms with E-state index in [9.17, 15) is 9.18 Å². The molecule has 3 aromatic carbocycles. The molecule has 5 nitrogen and oxygen atoms in total. The van der Waals surface area contributed by atoms with Gasteiger partial charge in [0.1, 0.15) is 5.82 Å². The summed E-state index contributed by atoms with van der Waals surface area (Å²) >= 11 is 0. The highest BCUT2D eigenvalue weighted by atomic mass is 19.1. The van der Waals surface area contributed by atoms with E-state index in [0.717, 1.165) is 61.4 Å². The number of rotatable bonds is 9. The van der Waals surface area contributed by atoms with E-state index in [1.807, 2.05) is 30.3 Å². The van der Waals surface area contributed by atoms with Gasteiger partial charge in [-0.1, -0.05) is 60.7 Å². The molecule has 1 atom stereocenters. The minimum Gasteiger partial charge on any atom is -0.379 e. The number of carbonyl (C=O) groups excluding carboxylic acids is 1. The molecule has 4 aromatic rings. The molecule has 0 aliphatic carbocycles. The molecular formula is C30H32FN3O2. The Morgan fingerprint density at radius 2 is 1.67 bits per heavy atom. The lowest BCUT2D eigenvalue weighted by atomic mass is 9.88. The van der Waals surface area contributed by atoms with Crippen molar-refractivity contribution < 1.29 is 13.9 Å². The Hall–Kier alpha value is -3.48. The number of hydrogen-bond donors (Lipinski definition) is 1. The summed E-state index contributed by atoms with van der Waals surface area (Å²) in [6.45, 7) is 5.44. The van der Waals surface area contributed by atoms with Crippen LogP contribution in [0.2, 0.25) is 0 Å². The van der Waals surface area contributed by atoms with Gasteiger partial charge in [-0.25, -0.2) is 4.39 Å². The molecule has 0 unspecified atom stereocenters. The van der Waals surface area contributed by atoms with Gasteiger partial charge >= 0.3 is 0 Å². The zero-order chi connectivity index (χ0) is 24.7. The average Bonchev–Trinajstić information content (AvgIpc) is 3.27. The van der Waals surface area contributed by atoms with Crippen LogP contribution in [0.3, 0.4) is 0 Å². The van der Waals surface area contributed by atoms with Crippen LogP contribution in [0, 0.1) is 5.82 Å². The highest BCUT2D eigenvalue weighted by molar-refractivity contribution is 5.86. The van der Waals surface area contributed by atoms with Crippen molar-refractivity contribution in [1.29, 1.82) is 0 Å². The zero-order valence-corrected chi connectivity index (χ0v) is 20.4. The van der Waals surface area contributed by atoms with E-state index in [0.29, 0.717) is 13.0 Å². The van der Waals surface area contributed by atoms with Crippen molar-refractivity contribution in [2.45, 2.75) is 18.9 Å². The molecule has 2 heterocycles. The Labute approximate surface area is 211 Å². The number of para-hydroxylation sites is 1. The van der Waals surface area contributed by atoms with Crippen LogP contribution in [-0.2, 0) is 16.1 Å². The van der Waals surface area contributed by atoms with Crippen molar-refractivity contribution in [2.75, 3.05) is 39.4 Å². The summed E-state index contributed by atoms with van der Waals surface area (Å²) < 4.78 is 21.4. The van der Waals surface area contributed by atoms with Crippen LogP contribution in [0.5, 0.6) is 0 Å². The fraction of sp³-hybridized carbons (Fsp3) is 0.300. The molecule has 0 saturated carbocycles. The van der Waals surface area contributed by atoms with Crippen molar-refractivity contribution in [2.24, 2.45) is 0 Å². The minimum atomic E-state index is -0.279. The summed E-state index contributed by atoms with van der Waals surface area (Å²) in [4.78, 5) is 15.4. The van der Waals surface area contributed by atoms with E-state index in [1.54, 1.807) is 12.1 Å². The number of nitrogens with zero attached hydrogens (tertiary/aromatic N) is 2. The number of morpholine rings is 1. The third-order valence-electron chi connectivity index (χ3n) is 6.91. The first kappa shape index (κ1) is 24.2. The van der Waals surface area contributed by atoms with E-state index in [-0.39, 0.29) is 17.6 Å². The Bertz CT molecular complexity index is 1280. The smallest absolute Gasteiger partial charge is 0.220 e. The SMILES string of the molecule is O=C(C[C@@H](c1ccc(F)cc1)c1cn(Cc2ccccc2)c2ccccc12)NCCN1CCOCC1. The zero-order valence-electron chi connectivity index (χ0n) is 20.4. The quantitative estimate of drug-likeness (QED) is 0.371. The van der Waals surface area contributed by atoms with E-state index in [2.05, 4.69) is 45.2 Å². The molecule has 1 fully saturated rings. The van der Waals surface area contributed by atoms with Crippen LogP contribution in [-0.4, -0.2) is 54.8 Å². The normalized spacial score (nSPS) is 15.1. The van der Waals surface area contributed by atoms with Crippen molar-refractivity contribution in [3.05, 3.63) is 108 Å². The molecule has 5 rings (SSSR count). The van der Waals surface area contributed by atoms with Gasteiger partial charge in [-0.3, -0.25) is 9.69 Å². The second kappa shape index (κ2) is 11.5. The summed E-state index contributed by atoms with van der Waals surface area (Å²) in [5.74, 6) is -0.465. The maximum Gasteiger partial charge on any atom is 0.220 e. The van der Waals surface area contributed by atoms with Gasteiger partial charge in [-0.2, -0.15) is 0 Å². The first-order valence-corrected chi connectivity index (χ1v) is 12.6. The highest BCUT2D eigenvalue weighted by Gasteiger charge is 2.23. The van der Waals surface area contributed by atoms with Gasteiger partial charge in [0.25, 0.3) is 0 Å². The van der Waals surface area contributed by atoms with Gasteiger partial charge in [-0.15, -0.1) is 0 Å². The summed E-state index contributed by atoms with van der Waals surface area (Å²) in [6.07, 6.45) is 2.46. The predicted octanol–water partition coefficient (Wildman–Crippen LogP) is 4.80. The first-order valence-electron chi connectivity index (χ1n) is 12.6. The average molecular weight is 486 g/mol. The number of nitrogens with one attached hydrogen (secondary N) is 1. The topological polar surface area (TPSA) is 46.5 Å². The molecule has 1 amide bonds. The fourth-order valence-corrected chi connectivity index (χ4v) is 5.00. The number of amides is 1. The van der Waals surface area contributed by atoms with Crippen molar-refractivity contribution in [3.8, 4) is 0 Å². The molecule has 0 spiro atoms. The van der Waals surface area contributed by atoms with Crippen molar-refractivity contribution >= 4 is 16.8 Å². The summed E-state index contributed by atoms with van der Waals surface area (Å²) in [7, 11) is 0. The predicted molar refractivity (Wildman–Crippen MR) is 141 cm³/mol. The Morgan fingerprint density at radius 3 is 2.44 bits per heavy atom. The van der Waals surface area contributed by atoms with E-state index >= 15 is 0 Å². The monoisotopic (exact) mass is 485 g/mol. The molecule has 1 saturated heterocycles. The number of hydrogen-bond acceptors (Lipinski definition) is 3. The molecule has 1 aliphatic heterocycles. The molecule has 186 valence electrons. The van der Waals surface area contributed by atoms with E-state index in [4.69, 9.17) is 4.74 Å². The molecule has 1 aromatic heterocycles. The minimum absolute atomic E-state index is 0.00234. The third kappa shape index (κ3) is 5.83. The molecule has 1 N–H and O–H groups in total. The van der Waals surface area contributed by atoms with Crippen LogP contribution < -0.4 is 5.32 Å². The summed E-state index contributed by atoms with van der Waals surface area (Å²) in [5, 5.41) is 4.22. The fourth-order valence-electron chi connectivity index (χ4n) is 5.00. The van der Waals surface area contributed by atoms with Crippen LogP contribution in [0.4, 0.5) is 4.39 Å². The molecule has 36 heavy (non-hydrogen) atoms. The van der Waals surface area contributed by atoms with Gasteiger partial charge in [0.2, 0.25) is 5.91 Å². The second-order valence-electron chi connectivity index (χ2n) is 9.33. The van der Waals surface area contributed by atoms with E-state index in [1.165, 1.54) is 17.7 Å². The molecule has 1 aliphatic rings. The van der Waals surface area contributed by atoms with Crippen LogP contribution in [0.25, 0.3) is 10.9 Å². The number of ether oxygens (including phenoxy) is 1. The molecule has 0 radical (unpaired) electrons. The van der Waals surface area contributed by atoms with Gasteiger partial charge in [0.15, 0.2) is 0 Å². The standard InChI is InChI=1S/C30H32FN3O2/c31-25-12-10-24(11-13-25)27(20-30(35)32-14-15-33-16-18-36-19-17-33)28-22-34(21-23-6-2-1-3-7-23)29-9-5-4-8-26(28)29/h1-13,22,27H,14-21H2,(H,32,35)/t27-/m0/s1. The number of benzene rings is 3. The lowest BCUT2D eigenvalue weighted by Crippen LogP contribution is -2.41. The van der Waals surface area contributed by atoms with Crippen LogP contribution >= 0.6 is 0 Å². The van der Waals surface area contributed by atoms with Gasteiger partial charge < -0.3 is 14.6 Å². The van der Waals surface area contributed by atoms with Gasteiger partial charge in [-0.05, 0) is 34.9 Å². The largest absolute Gasteiger partial charge is 0.379 e. The number of carbonyl (C=O) groups is 1. The molecular weight excluding hydrogens is 453 g/mol. The van der Waals surface area contributed by atoms with Gasteiger partial charge in [0, 0.05) is 62.2 Å². The number of halogens is 1. The summed E-state index contributed by atoms with van der Waals surface area (Å²) in [5.41, 5.74) is 4.35. The lowest BCUT2D eigenvalue weighted by Gasteiger charge is -2.26. The lowest BCUT2D eigenvalue weighted by molar-refractivity contribution is -0.121. The number of fused-ring (bicyclic) bond motifs is 1. The third-order valence-corrected chi connectivity index (χ3v) is 6.91. The molecule has 6 heteroatoms. The first-order chi connectivity index (χ1) is 17.7. The van der Waals surface area contributed by atoms with Gasteiger partial charge in [0.05, 0.1) is 13.2 Å². The summed E-state index contributed by atoms with van der Waals surface area (Å²) in [6, 6.07) is 25.2. The number of aromatic nitrogens is 1. The van der Waals surface area contributed by atoms with E-state index < -0.39 is 0 Å². The second-order valence-corrected chi connectivity index (χ2v) is 9.33. The van der Waals surface area contributed by atoms with Crippen LogP contribution in [0.15, 0.2) is 85.1 Å². The Morgan fingerprint density at radius 1 is 0.944 bits per heavy atom. The maximum absolute atomic E-state index is 13.8. The Balaban J connectivity index is 1.41. The highest BCUT2D eigenvalue weighted by Crippen LogP contribution is 2.35.